The van der Waals surface area contributed by atoms with Crippen LogP contribution in [0, 0.1) is 11.8 Å². The highest BCUT2D eigenvalue weighted by Gasteiger charge is 2.26. The molecule has 0 bridgehead atoms. The van der Waals surface area contributed by atoms with Crippen molar-refractivity contribution < 1.29 is 18.3 Å². The normalized spacial score (nSPS) is 27.6. The van der Waals surface area contributed by atoms with Gasteiger partial charge in [0.2, 0.25) is 0 Å². The SMILES string of the molecule is O=C(O)CC1CCC(CNS(=O)(=O)N2CC=CCC2)CC1. The topological polar surface area (TPSA) is 86.7 Å². The molecule has 0 unspecified atom stereocenters. The maximum Gasteiger partial charge on any atom is 0.303 e. The van der Waals surface area contributed by atoms with Crippen molar-refractivity contribution >= 4 is 16.2 Å². The molecule has 1 saturated carbocycles. The van der Waals surface area contributed by atoms with Crippen LogP contribution in [0.5, 0.6) is 0 Å². The van der Waals surface area contributed by atoms with Crippen LogP contribution < -0.4 is 4.72 Å². The highest BCUT2D eigenvalue weighted by molar-refractivity contribution is 7.87. The number of hydrogen-bond donors (Lipinski definition) is 2. The fraction of sp³-hybridized carbons (Fsp3) is 0.786. The predicted octanol–water partition coefficient (Wildman–Crippen LogP) is 1.36. The number of aliphatic carboxylic acids is 1. The van der Waals surface area contributed by atoms with Gasteiger partial charge in [0, 0.05) is 26.1 Å². The maximum atomic E-state index is 12.1. The molecule has 0 aromatic rings. The first kappa shape index (κ1) is 16.5. The molecule has 0 amide bonds. The zero-order valence-electron chi connectivity index (χ0n) is 12.2. The van der Waals surface area contributed by atoms with Gasteiger partial charge in [0.05, 0.1) is 0 Å². The van der Waals surface area contributed by atoms with Gasteiger partial charge < -0.3 is 5.11 Å². The molecule has 0 saturated heterocycles. The summed E-state index contributed by atoms with van der Waals surface area (Å²) in [5.74, 6) is -0.162. The van der Waals surface area contributed by atoms with Gasteiger partial charge in [0.15, 0.2) is 0 Å². The van der Waals surface area contributed by atoms with E-state index in [2.05, 4.69) is 4.72 Å². The Hall–Kier alpha value is -0.920. The van der Waals surface area contributed by atoms with Crippen LogP contribution in [-0.4, -0.2) is 43.4 Å². The average Bonchev–Trinajstić information content (AvgIpc) is 2.47. The summed E-state index contributed by atoms with van der Waals surface area (Å²) in [6.07, 6.45) is 8.44. The molecule has 0 aromatic heterocycles. The molecule has 1 heterocycles. The van der Waals surface area contributed by atoms with Crippen LogP contribution in [0.4, 0.5) is 0 Å². The smallest absolute Gasteiger partial charge is 0.303 e. The number of nitrogens with zero attached hydrogens (tertiary/aromatic N) is 1. The number of carbonyl (C=O) groups is 1. The molecule has 0 spiro atoms. The van der Waals surface area contributed by atoms with Crippen LogP contribution in [0.1, 0.15) is 38.5 Å². The van der Waals surface area contributed by atoms with Gasteiger partial charge >= 0.3 is 5.97 Å². The van der Waals surface area contributed by atoms with Gasteiger partial charge in [-0.05, 0) is 43.9 Å². The quantitative estimate of drug-likeness (QED) is 0.725. The molecule has 0 atom stereocenters. The van der Waals surface area contributed by atoms with E-state index in [0.717, 1.165) is 32.1 Å². The van der Waals surface area contributed by atoms with Crippen molar-refractivity contribution in [2.45, 2.75) is 38.5 Å². The van der Waals surface area contributed by atoms with Gasteiger partial charge in [-0.2, -0.15) is 12.7 Å². The first-order chi connectivity index (χ1) is 9.97. The predicted molar refractivity (Wildman–Crippen MR) is 80.0 cm³/mol. The van der Waals surface area contributed by atoms with E-state index in [9.17, 15) is 13.2 Å². The van der Waals surface area contributed by atoms with E-state index in [0.29, 0.717) is 25.6 Å². The molecule has 120 valence electrons. The van der Waals surface area contributed by atoms with Crippen LogP contribution in [-0.2, 0) is 15.0 Å². The lowest BCUT2D eigenvalue weighted by atomic mass is 9.81. The monoisotopic (exact) mass is 316 g/mol. The molecule has 2 N–H and O–H groups in total. The molecule has 0 aromatic carbocycles. The van der Waals surface area contributed by atoms with Crippen LogP contribution >= 0.6 is 0 Å². The zero-order valence-corrected chi connectivity index (χ0v) is 13.0. The molecule has 1 aliphatic heterocycles. The highest BCUT2D eigenvalue weighted by atomic mass is 32.2. The summed E-state index contributed by atoms with van der Waals surface area (Å²) in [5.41, 5.74) is 0. The minimum absolute atomic E-state index is 0.235. The minimum Gasteiger partial charge on any atom is -0.481 e. The van der Waals surface area contributed by atoms with E-state index in [4.69, 9.17) is 5.11 Å². The lowest BCUT2D eigenvalue weighted by molar-refractivity contribution is -0.138. The zero-order chi connectivity index (χ0) is 15.3. The standard InChI is InChI=1S/C14H24N2O4S/c17-14(18)10-12-4-6-13(7-5-12)11-15-21(19,20)16-8-2-1-3-9-16/h1-2,12-13,15H,3-11H2,(H,17,18). The molecule has 21 heavy (non-hydrogen) atoms. The summed E-state index contributed by atoms with van der Waals surface area (Å²) < 4.78 is 28.4. The van der Waals surface area contributed by atoms with Crippen molar-refractivity contribution in [3.8, 4) is 0 Å². The fourth-order valence-corrected chi connectivity index (χ4v) is 4.30. The summed E-state index contributed by atoms with van der Waals surface area (Å²) in [6.45, 7) is 1.44. The molecule has 2 rings (SSSR count). The Morgan fingerprint density at radius 1 is 1.19 bits per heavy atom. The number of rotatable bonds is 6. The van der Waals surface area contributed by atoms with Gasteiger partial charge in [0.25, 0.3) is 10.2 Å². The molecular formula is C14H24N2O4S. The van der Waals surface area contributed by atoms with Gasteiger partial charge in [0.1, 0.15) is 0 Å². The lowest BCUT2D eigenvalue weighted by Crippen LogP contribution is -2.44. The lowest BCUT2D eigenvalue weighted by Gasteiger charge is -2.29. The molecule has 1 fully saturated rings. The summed E-state index contributed by atoms with van der Waals surface area (Å²) in [6, 6.07) is 0. The number of nitrogens with one attached hydrogen (secondary N) is 1. The molecule has 2 aliphatic rings. The first-order valence-corrected chi connectivity index (χ1v) is 9.03. The summed E-state index contributed by atoms with van der Waals surface area (Å²) in [4.78, 5) is 10.7. The van der Waals surface area contributed by atoms with Gasteiger partial charge in [-0.3, -0.25) is 4.79 Å². The summed E-state index contributed by atoms with van der Waals surface area (Å²) >= 11 is 0. The van der Waals surface area contributed by atoms with Crippen molar-refractivity contribution in [3.63, 3.8) is 0 Å². The third kappa shape index (κ3) is 5.09. The van der Waals surface area contributed by atoms with Crippen LogP contribution in [0.3, 0.4) is 0 Å². The van der Waals surface area contributed by atoms with Crippen molar-refractivity contribution in [2.75, 3.05) is 19.6 Å². The van der Waals surface area contributed by atoms with Crippen molar-refractivity contribution in [1.29, 1.82) is 0 Å². The van der Waals surface area contributed by atoms with Crippen molar-refractivity contribution in [2.24, 2.45) is 11.8 Å². The van der Waals surface area contributed by atoms with Gasteiger partial charge in [-0.15, -0.1) is 0 Å². The third-order valence-electron chi connectivity index (χ3n) is 4.34. The molecular weight excluding hydrogens is 292 g/mol. The van der Waals surface area contributed by atoms with E-state index in [1.807, 2.05) is 12.2 Å². The number of carboxylic acid groups (broad SMARTS) is 1. The maximum absolute atomic E-state index is 12.1. The highest BCUT2D eigenvalue weighted by Crippen LogP contribution is 2.30. The largest absolute Gasteiger partial charge is 0.481 e. The first-order valence-electron chi connectivity index (χ1n) is 7.59. The van der Waals surface area contributed by atoms with E-state index in [-0.39, 0.29) is 12.3 Å². The second-order valence-corrected chi connectivity index (χ2v) is 7.71. The summed E-state index contributed by atoms with van der Waals surface area (Å²) in [5, 5.41) is 8.78. The van der Waals surface area contributed by atoms with Crippen LogP contribution in [0.25, 0.3) is 0 Å². The van der Waals surface area contributed by atoms with Crippen molar-refractivity contribution in [3.05, 3.63) is 12.2 Å². The Balaban J connectivity index is 1.74. The van der Waals surface area contributed by atoms with E-state index in [1.165, 1.54) is 4.31 Å². The van der Waals surface area contributed by atoms with Gasteiger partial charge in [-0.25, -0.2) is 4.72 Å². The Labute approximate surface area is 126 Å². The summed E-state index contributed by atoms with van der Waals surface area (Å²) in [7, 11) is -3.38. The van der Waals surface area contributed by atoms with Crippen LogP contribution in [0.2, 0.25) is 0 Å². The number of hydrogen-bond acceptors (Lipinski definition) is 3. The Kier molecular flexibility index (Phi) is 5.78. The second kappa shape index (κ2) is 7.38. The van der Waals surface area contributed by atoms with Crippen LogP contribution in [0.15, 0.2) is 12.2 Å². The third-order valence-corrected chi connectivity index (χ3v) is 5.89. The Morgan fingerprint density at radius 2 is 1.86 bits per heavy atom. The molecule has 6 nitrogen and oxygen atoms in total. The Bertz CT molecular complexity index is 481. The van der Waals surface area contributed by atoms with E-state index in [1.54, 1.807) is 0 Å². The fourth-order valence-electron chi connectivity index (χ4n) is 3.04. The van der Waals surface area contributed by atoms with E-state index >= 15 is 0 Å². The number of carboxylic acids is 1. The minimum atomic E-state index is -3.38. The molecule has 1 aliphatic carbocycles. The molecule has 7 heteroatoms. The van der Waals surface area contributed by atoms with Gasteiger partial charge in [-0.1, -0.05) is 12.2 Å². The van der Waals surface area contributed by atoms with Crippen molar-refractivity contribution in [1.82, 2.24) is 9.03 Å². The second-order valence-electron chi connectivity index (χ2n) is 5.96. The average molecular weight is 316 g/mol. The van der Waals surface area contributed by atoms with E-state index < -0.39 is 16.2 Å². The Morgan fingerprint density at radius 3 is 2.43 bits per heavy atom. The molecule has 0 radical (unpaired) electrons.